The van der Waals surface area contributed by atoms with Gasteiger partial charge < -0.3 is 10.3 Å². The molecule has 4 rings (SSSR count). The number of hydrogen-bond acceptors (Lipinski definition) is 4. The number of piperidine rings is 1. The van der Waals surface area contributed by atoms with Crippen LogP contribution in [0.4, 0.5) is 0 Å². The van der Waals surface area contributed by atoms with E-state index in [4.69, 9.17) is 0 Å². The summed E-state index contributed by atoms with van der Waals surface area (Å²) < 4.78 is 0. The van der Waals surface area contributed by atoms with E-state index in [0.29, 0.717) is 12.2 Å². The number of carbonyl (C=O) groups is 1. The highest BCUT2D eigenvalue weighted by atomic mass is 16.2. The van der Waals surface area contributed by atoms with Gasteiger partial charge in [0, 0.05) is 12.7 Å². The molecular weight excluding hydrogens is 326 g/mol. The summed E-state index contributed by atoms with van der Waals surface area (Å²) in [4.78, 5) is 26.9. The van der Waals surface area contributed by atoms with Gasteiger partial charge in [0.1, 0.15) is 5.82 Å². The predicted molar refractivity (Wildman–Crippen MR) is 100 cm³/mol. The first-order chi connectivity index (χ1) is 12.8. The number of nitrogens with one attached hydrogen (secondary N) is 2. The first-order valence-electron chi connectivity index (χ1n) is 9.15. The van der Waals surface area contributed by atoms with Crippen molar-refractivity contribution in [2.24, 2.45) is 0 Å². The molecule has 1 amide bonds. The molecule has 0 bridgehead atoms. The van der Waals surface area contributed by atoms with E-state index in [9.17, 15) is 4.79 Å². The Bertz CT molecular complexity index is 843. The summed E-state index contributed by atoms with van der Waals surface area (Å²) in [7, 11) is 0. The molecule has 6 nitrogen and oxygen atoms in total. The number of carbonyl (C=O) groups excluding carboxylic acids is 1. The van der Waals surface area contributed by atoms with Crippen molar-refractivity contribution in [2.45, 2.75) is 38.4 Å². The van der Waals surface area contributed by atoms with Crippen molar-refractivity contribution in [3.8, 4) is 0 Å². The zero-order valence-electron chi connectivity index (χ0n) is 14.7. The highest BCUT2D eigenvalue weighted by molar-refractivity contribution is 5.81. The Morgan fingerprint density at radius 2 is 2.08 bits per heavy atom. The van der Waals surface area contributed by atoms with Crippen LogP contribution in [0.3, 0.4) is 0 Å². The molecule has 1 aromatic carbocycles. The quantitative estimate of drug-likeness (QED) is 0.743. The number of aromatic amines is 1. The highest BCUT2D eigenvalue weighted by Gasteiger charge is 2.28. The van der Waals surface area contributed by atoms with E-state index in [0.717, 1.165) is 43.7 Å². The molecule has 0 unspecified atom stereocenters. The van der Waals surface area contributed by atoms with E-state index >= 15 is 0 Å². The van der Waals surface area contributed by atoms with Crippen molar-refractivity contribution in [1.29, 1.82) is 0 Å². The summed E-state index contributed by atoms with van der Waals surface area (Å²) in [5, 5.41) is 3.04. The number of fused-ring (bicyclic) bond motifs is 1. The molecule has 2 aromatic heterocycles. The van der Waals surface area contributed by atoms with Crippen LogP contribution in [-0.4, -0.2) is 38.3 Å². The fourth-order valence-corrected chi connectivity index (χ4v) is 3.56. The molecule has 1 aliphatic heterocycles. The molecule has 26 heavy (non-hydrogen) atoms. The fourth-order valence-electron chi connectivity index (χ4n) is 3.56. The molecule has 134 valence electrons. The van der Waals surface area contributed by atoms with Crippen molar-refractivity contribution in [3.05, 3.63) is 60.0 Å². The molecule has 0 radical (unpaired) electrons. The molecule has 0 spiro atoms. The molecule has 0 aliphatic carbocycles. The van der Waals surface area contributed by atoms with E-state index in [1.54, 1.807) is 6.20 Å². The van der Waals surface area contributed by atoms with Gasteiger partial charge in [-0.1, -0.05) is 36.8 Å². The van der Waals surface area contributed by atoms with E-state index in [-0.39, 0.29) is 11.9 Å². The number of imidazole rings is 1. The van der Waals surface area contributed by atoms with Crippen LogP contribution in [0.15, 0.2) is 48.7 Å². The second-order valence-electron chi connectivity index (χ2n) is 6.74. The topological polar surface area (TPSA) is 73.9 Å². The van der Waals surface area contributed by atoms with Gasteiger partial charge in [-0.3, -0.25) is 9.69 Å². The van der Waals surface area contributed by atoms with Crippen LogP contribution < -0.4 is 5.32 Å². The number of hydrogen-bond donors (Lipinski definition) is 2. The maximum Gasteiger partial charge on any atom is 0.237 e. The minimum Gasteiger partial charge on any atom is -0.348 e. The average Bonchev–Trinajstić information content (AvgIpc) is 3.10. The monoisotopic (exact) mass is 349 g/mol. The lowest BCUT2D eigenvalue weighted by Crippen LogP contribution is -2.48. The van der Waals surface area contributed by atoms with Gasteiger partial charge in [-0.15, -0.1) is 0 Å². The van der Waals surface area contributed by atoms with Crippen LogP contribution >= 0.6 is 0 Å². The second kappa shape index (κ2) is 7.66. The molecule has 3 heterocycles. The van der Waals surface area contributed by atoms with Crippen LogP contribution in [-0.2, 0) is 17.9 Å². The van der Waals surface area contributed by atoms with Crippen LogP contribution in [0, 0.1) is 0 Å². The normalized spacial score (nSPS) is 18.1. The van der Waals surface area contributed by atoms with Gasteiger partial charge in [0.2, 0.25) is 5.91 Å². The Morgan fingerprint density at radius 1 is 1.19 bits per heavy atom. The van der Waals surface area contributed by atoms with Crippen LogP contribution in [0.2, 0.25) is 0 Å². The average molecular weight is 349 g/mol. The van der Waals surface area contributed by atoms with E-state index < -0.39 is 0 Å². The van der Waals surface area contributed by atoms with Gasteiger partial charge in [-0.05, 0) is 37.1 Å². The van der Waals surface area contributed by atoms with Gasteiger partial charge >= 0.3 is 0 Å². The number of aromatic nitrogens is 3. The number of amides is 1. The van der Waals surface area contributed by atoms with Crippen LogP contribution in [0.25, 0.3) is 11.2 Å². The molecule has 1 atom stereocenters. The number of rotatable bonds is 5. The smallest absolute Gasteiger partial charge is 0.237 e. The second-order valence-corrected chi connectivity index (χ2v) is 6.74. The van der Waals surface area contributed by atoms with Gasteiger partial charge in [0.05, 0.1) is 18.1 Å². The number of likely N-dealkylation sites (tertiary alicyclic amines) is 1. The van der Waals surface area contributed by atoms with Crippen LogP contribution in [0.1, 0.15) is 30.7 Å². The minimum atomic E-state index is -0.0774. The fraction of sp³-hybridized carbons (Fsp3) is 0.350. The molecule has 1 saturated heterocycles. The third-order valence-electron chi connectivity index (χ3n) is 4.88. The number of nitrogens with zero attached hydrogens (tertiary/aromatic N) is 3. The van der Waals surface area contributed by atoms with Gasteiger partial charge in [-0.25, -0.2) is 9.97 Å². The molecular formula is C20H23N5O. The lowest BCUT2D eigenvalue weighted by atomic mass is 10.0. The molecule has 1 aliphatic rings. The maximum atomic E-state index is 12.8. The molecule has 6 heteroatoms. The molecule has 3 aromatic rings. The standard InChI is InChI=1S/C20H23N5O/c26-20(22-13-18-23-16-9-6-11-21-19(16)24-18)17-10-4-5-12-25(17)14-15-7-2-1-3-8-15/h1-3,6-9,11,17H,4-5,10,12-14H2,(H,22,26)(H,21,23,24)/t17-/m1/s1. The Hall–Kier alpha value is -2.73. The van der Waals surface area contributed by atoms with Gasteiger partial charge in [0.15, 0.2) is 5.65 Å². The SMILES string of the molecule is O=C(NCc1nc2ncccc2[nH]1)[C@H]1CCCCN1Cc1ccccc1. The molecule has 2 N–H and O–H groups in total. The summed E-state index contributed by atoms with van der Waals surface area (Å²) in [6.45, 7) is 2.17. The van der Waals surface area contributed by atoms with Gasteiger partial charge in [0.25, 0.3) is 0 Å². The number of pyridine rings is 1. The first kappa shape index (κ1) is 16.7. The lowest BCUT2D eigenvalue weighted by Gasteiger charge is -2.34. The zero-order chi connectivity index (χ0) is 17.8. The van der Waals surface area contributed by atoms with Crippen molar-refractivity contribution in [1.82, 2.24) is 25.2 Å². The lowest BCUT2D eigenvalue weighted by molar-refractivity contribution is -0.128. The van der Waals surface area contributed by atoms with E-state index in [1.165, 1.54) is 5.56 Å². The van der Waals surface area contributed by atoms with Crippen molar-refractivity contribution in [3.63, 3.8) is 0 Å². The molecule has 1 fully saturated rings. The number of benzene rings is 1. The Morgan fingerprint density at radius 3 is 2.92 bits per heavy atom. The first-order valence-corrected chi connectivity index (χ1v) is 9.15. The molecule has 0 saturated carbocycles. The zero-order valence-corrected chi connectivity index (χ0v) is 14.7. The summed E-state index contributed by atoms with van der Waals surface area (Å²) in [5.41, 5.74) is 2.82. The minimum absolute atomic E-state index is 0.0774. The predicted octanol–water partition coefficient (Wildman–Crippen LogP) is 2.63. The van der Waals surface area contributed by atoms with Crippen LogP contribution in [0.5, 0.6) is 0 Å². The van der Waals surface area contributed by atoms with Crippen molar-refractivity contribution < 1.29 is 4.79 Å². The Kier molecular flexibility index (Phi) is 4.93. The highest BCUT2D eigenvalue weighted by Crippen LogP contribution is 2.20. The van der Waals surface area contributed by atoms with E-state index in [2.05, 4.69) is 37.3 Å². The van der Waals surface area contributed by atoms with Crippen molar-refractivity contribution >= 4 is 17.1 Å². The summed E-state index contributed by atoms with van der Waals surface area (Å²) in [6.07, 6.45) is 4.86. The maximum absolute atomic E-state index is 12.8. The third kappa shape index (κ3) is 3.75. The summed E-state index contributed by atoms with van der Waals surface area (Å²) in [5.74, 6) is 0.812. The number of H-pyrrole nitrogens is 1. The Balaban J connectivity index is 1.40. The Labute approximate surface area is 152 Å². The largest absolute Gasteiger partial charge is 0.348 e. The van der Waals surface area contributed by atoms with E-state index in [1.807, 2.05) is 30.3 Å². The van der Waals surface area contributed by atoms with Crippen molar-refractivity contribution in [2.75, 3.05) is 6.54 Å². The summed E-state index contributed by atoms with van der Waals surface area (Å²) >= 11 is 0. The summed E-state index contributed by atoms with van der Waals surface area (Å²) in [6, 6.07) is 14.1. The van der Waals surface area contributed by atoms with Gasteiger partial charge in [-0.2, -0.15) is 0 Å². The third-order valence-corrected chi connectivity index (χ3v) is 4.88.